The number of carboxylic acid groups (broad SMARTS) is 1. The molecule has 1 aromatic carbocycles. The number of carboxylic acids is 1. The van der Waals surface area contributed by atoms with E-state index in [2.05, 4.69) is 24.0 Å². The molecule has 1 unspecified atom stereocenters. The molecule has 2 saturated carbocycles. The molecular weight excluding hydrogens is 424 g/mol. The average Bonchev–Trinajstić information content (AvgIpc) is 3.00. The predicted molar refractivity (Wildman–Crippen MR) is 127 cm³/mol. The molecule has 0 aliphatic heterocycles. The second kappa shape index (κ2) is 12.1. The van der Waals surface area contributed by atoms with Gasteiger partial charge < -0.3 is 15.3 Å². The molecule has 3 rings (SSSR count). The number of hydrogen-bond donors (Lipinski definition) is 3. The molecule has 32 heavy (non-hydrogen) atoms. The van der Waals surface area contributed by atoms with Crippen LogP contribution in [0, 0.1) is 29.1 Å². The van der Waals surface area contributed by atoms with Gasteiger partial charge in [0.1, 0.15) is 0 Å². The quantitative estimate of drug-likeness (QED) is 0.241. The first-order valence-electron chi connectivity index (χ1n) is 12.2. The van der Waals surface area contributed by atoms with Gasteiger partial charge in [-0.2, -0.15) is 0 Å². The van der Waals surface area contributed by atoms with Crippen molar-refractivity contribution in [2.75, 3.05) is 0 Å². The minimum absolute atomic E-state index is 0.0747. The first kappa shape index (κ1) is 25.1. The number of alkyl halides is 1. The topological polar surface area (TPSA) is 77.8 Å². The van der Waals surface area contributed by atoms with Crippen molar-refractivity contribution in [3.05, 3.63) is 35.9 Å². The van der Waals surface area contributed by atoms with Gasteiger partial charge in [0.25, 0.3) is 0 Å². The molecule has 0 aromatic heterocycles. The highest BCUT2D eigenvalue weighted by Crippen LogP contribution is 2.47. The van der Waals surface area contributed by atoms with Gasteiger partial charge in [-0.3, -0.25) is 4.79 Å². The summed E-state index contributed by atoms with van der Waals surface area (Å²) in [5.74, 6) is 5.75. The van der Waals surface area contributed by atoms with Crippen LogP contribution in [0.5, 0.6) is 0 Å². The Morgan fingerprint density at radius 1 is 1.16 bits per heavy atom. The lowest BCUT2D eigenvalue weighted by Gasteiger charge is -2.45. The molecule has 5 heteroatoms. The van der Waals surface area contributed by atoms with Crippen LogP contribution in [0.15, 0.2) is 30.3 Å². The highest BCUT2D eigenvalue weighted by molar-refractivity contribution is 6.21. The van der Waals surface area contributed by atoms with E-state index in [4.69, 9.17) is 16.7 Å². The maximum atomic E-state index is 11.0. The highest BCUT2D eigenvalue weighted by Gasteiger charge is 2.43. The zero-order valence-electron chi connectivity index (χ0n) is 18.9. The number of unbranched alkanes of at least 4 members (excludes halogenated alkanes) is 3. The van der Waals surface area contributed by atoms with Crippen LogP contribution in [0.4, 0.5) is 0 Å². The fraction of sp³-hybridized carbons (Fsp3) is 0.667. The second-order valence-corrected chi connectivity index (χ2v) is 10.3. The summed E-state index contributed by atoms with van der Waals surface area (Å²) in [5.41, 5.74) is 1.19. The van der Waals surface area contributed by atoms with Crippen LogP contribution in [0.3, 0.4) is 0 Å². The van der Waals surface area contributed by atoms with Gasteiger partial charge in [0.2, 0.25) is 0 Å². The molecule has 1 aromatic rings. The highest BCUT2D eigenvalue weighted by atomic mass is 35.5. The Morgan fingerprint density at radius 2 is 1.88 bits per heavy atom. The maximum absolute atomic E-state index is 11.0. The van der Waals surface area contributed by atoms with Gasteiger partial charge >= 0.3 is 5.97 Å². The van der Waals surface area contributed by atoms with Crippen molar-refractivity contribution in [1.29, 1.82) is 0 Å². The standard InChI is InChI=1S/C27H37ClO4/c28-23-18-24(29)22(21(23)12-6-1-2-7-15-26(31)32)13-8-14-25(30)27(16-9-17-27)19-20-10-4-3-5-11-20/h3-5,10-11,21-25,29-30H,1-2,6-7,9,12,14-19H2,(H,31,32)/t21-,22-,23-,24-,25?/m1/s1. The number of benzene rings is 1. The summed E-state index contributed by atoms with van der Waals surface area (Å²) < 4.78 is 0. The molecule has 0 amide bonds. The van der Waals surface area contributed by atoms with E-state index >= 15 is 0 Å². The molecule has 4 nitrogen and oxygen atoms in total. The lowest BCUT2D eigenvalue weighted by molar-refractivity contribution is -0.137. The number of aliphatic carboxylic acids is 1. The van der Waals surface area contributed by atoms with E-state index in [0.29, 0.717) is 19.3 Å². The van der Waals surface area contributed by atoms with Crippen LogP contribution in [-0.4, -0.2) is 38.9 Å². The van der Waals surface area contributed by atoms with E-state index in [0.717, 1.165) is 51.4 Å². The largest absolute Gasteiger partial charge is 0.481 e. The number of rotatable bonds is 11. The zero-order chi connectivity index (χ0) is 23.0. The number of carbonyl (C=O) groups is 1. The number of hydrogen-bond acceptors (Lipinski definition) is 3. The summed E-state index contributed by atoms with van der Waals surface area (Å²) in [6, 6.07) is 10.4. The molecule has 0 saturated heterocycles. The fourth-order valence-electron chi connectivity index (χ4n) is 5.39. The van der Waals surface area contributed by atoms with E-state index in [1.165, 1.54) is 5.56 Å². The average molecular weight is 461 g/mol. The third-order valence-electron chi connectivity index (χ3n) is 7.50. The normalized spacial score (nSPS) is 27.2. The van der Waals surface area contributed by atoms with Crippen LogP contribution in [0.1, 0.15) is 76.2 Å². The minimum atomic E-state index is -0.741. The van der Waals surface area contributed by atoms with Gasteiger partial charge in [-0.25, -0.2) is 0 Å². The van der Waals surface area contributed by atoms with Crippen molar-refractivity contribution in [2.45, 2.75) is 94.6 Å². The van der Waals surface area contributed by atoms with E-state index in [-0.39, 0.29) is 29.0 Å². The van der Waals surface area contributed by atoms with Gasteiger partial charge in [-0.05, 0) is 50.0 Å². The summed E-state index contributed by atoms with van der Waals surface area (Å²) in [4.78, 5) is 10.6. The van der Waals surface area contributed by atoms with E-state index < -0.39 is 18.2 Å². The van der Waals surface area contributed by atoms with Crippen LogP contribution in [-0.2, 0) is 11.2 Å². The molecule has 0 heterocycles. The van der Waals surface area contributed by atoms with Crippen molar-refractivity contribution < 1.29 is 20.1 Å². The van der Waals surface area contributed by atoms with Gasteiger partial charge in [-0.15, -0.1) is 17.5 Å². The van der Waals surface area contributed by atoms with E-state index in [1.54, 1.807) is 0 Å². The fourth-order valence-corrected chi connectivity index (χ4v) is 5.85. The van der Waals surface area contributed by atoms with Crippen LogP contribution >= 0.6 is 11.6 Å². The van der Waals surface area contributed by atoms with Crippen LogP contribution < -0.4 is 0 Å². The molecule has 0 spiro atoms. The number of aliphatic hydroxyl groups excluding tert-OH is 2. The molecule has 2 aliphatic rings. The molecule has 2 aliphatic carbocycles. The summed E-state index contributed by atoms with van der Waals surface area (Å²) in [7, 11) is 0. The zero-order valence-corrected chi connectivity index (χ0v) is 19.6. The Kier molecular flexibility index (Phi) is 9.46. The van der Waals surface area contributed by atoms with Gasteiger partial charge in [-0.1, -0.05) is 61.9 Å². The van der Waals surface area contributed by atoms with E-state index in [1.807, 2.05) is 18.2 Å². The molecule has 3 N–H and O–H groups in total. The Bertz CT molecular complexity index is 780. The maximum Gasteiger partial charge on any atom is 0.303 e. The Hall–Kier alpha value is -1.54. The number of aliphatic hydroxyl groups is 2. The minimum Gasteiger partial charge on any atom is -0.481 e. The van der Waals surface area contributed by atoms with Crippen molar-refractivity contribution in [3.8, 4) is 11.8 Å². The smallest absolute Gasteiger partial charge is 0.303 e. The van der Waals surface area contributed by atoms with Crippen molar-refractivity contribution in [2.24, 2.45) is 17.3 Å². The third kappa shape index (κ3) is 6.73. The number of halogens is 1. The lowest BCUT2D eigenvalue weighted by Crippen LogP contribution is -2.43. The lowest BCUT2D eigenvalue weighted by atomic mass is 9.61. The Labute approximate surface area is 197 Å². The van der Waals surface area contributed by atoms with Gasteiger partial charge in [0.15, 0.2) is 0 Å². The molecular formula is C27H37ClO4. The van der Waals surface area contributed by atoms with Crippen LogP contribution in [0.2, 0.25) is 0 Å². The van der Waals surface area contributed by atoms with Gasteiger partial charge in [0, 0.05) is 23.6 Å². The monoisotopic (exact) mass is 460 g/mol. The SMILES string of the molecule is O=C(O)CCCCCC[C@@H]1[C@@H](C#CCC(O)C2(Cc3ccccc3)CCC2)[C@H](O)C[C@H]1Cl. The molecule has 2 fully saturated rings. The van der Waals surface area contributed by atoms with Crippen molar-refractivity contribution >= 4 is 17.6 Å². The van der Waals surface area contributed by atoms with E-state index in [9.17, 15) is 15.0 Å². The second-order valence-electron chi connectivity index (χ2n) is 9.77. The first-order valence-corrected chi connectivity index (χ1v) is 12.6. The third-order valence-corrected chi connectivity index (χ3v) is 8.01. The Balaban J connectivity index is 1.51. The molecule has 0 radical (unpaired) electrons. The van der Waals surface area contributed by atoms with Gasteiger partial charge in [0.05, 0.1) is 18.1 Å². The van der Waals surface area contributed by atoms with Crippen molar-refractivity contribution in [3.63, 3.8) is 0 Å². The first-order chi connectivity index (χ1) is 15.4. The molecule has 176 valence electrons. The Morgan fingerprint density at radius 3 is 2.53 bits per heavy atom. The summed E-state index contributed by atoms with van der Waals surface area (Å²) in [6.45, 7) is 0. The molecule has 5 atom stereocenters. The summed E-state index contributed by atoms with van der Waals surface area (Å²) >= 11 is 6.53. The summed E-state index contributed by atoms with van der Waals surface area (Å²) in [6.07, 6.45) is 8.82. The van der Waals surface area contributed by atoms with Crippen molar-refractivity contribution in [1.82, 2.24) is 0 Å². The van der Waals surface area contributed by atoms with Crippen LogP contribution in [0.25, 0.3) is 0 Å². The predicted octanol–water partition coefficient (Wildman–Crippen LogP) is 5.18. The summed E-state index contributed by atoms with van der Waals surface area (Å²) in [5, 5.41) is 30.1. The molecule has 0 bridgehead atoms.